The number of hydrogen-bond acceptors (Lipinski definition) is 4. The van der Waals surface area contributed by atoms with E-state index in [1.165, 1.54) is 11.1 Å². The maximum absolute atomic E-state index is 5.72. The van der Waals surface area contributed by atoms with Crippen LogP contribution in [-0.2, 0) is 6.42 Å². The molecule has 0 spiro atoms. The van der Waals surface area contributed by atoms with Crippen LogP contribution in [0.5, 0.6) is 5.75 Å². The van der Waals surface area contributed by atoms with Gasteiger partial charge in [0.2, 0.25) is 0 Å². The molecule has 0 aliphatic carbocycles. The van der Waals surface area contributed by atoms with Gasteiger partial charge in [0.1, 0.15) is 5.75 Å². The molecule has 0 saturated carbocycles. The predicted molar refractivity (Wildman–Crippen MR) is 85.1 cm³/mol. The van der Waals surface area contributed by atoms with Gasteiger partial charge in [-0.2, -0.15) is 0 Å². The number of ether oxygens (including phenoxy) is 1. The average Bonchev–Trinajstić information content (AvgIpc) is 2.47. The van der Waals surface area contributed by atoms with Gasteiger partial charge in [0.15, 0.2) is 0 Å². The molecule has 0 bridgehead atoms. The molecule has 1 heterocycles. The Morgan fingerprint density at radius 3 is 2.29 bits per heavy atom. The Kier molecular flexibility index (Phi) is 5.31. The number of hydrogen-bond donors (Lipinski definition) is 2. The van der Waals surface area contributed by atoms with Crippen LogP contribution in [0.4, 0.5) is 0 Å². The van der Waals surface area contributed by atoms with Crippen molar-refractivity contribution in [3.05, 3.63) is 58.9 Å². The lowest BCUT2D eigenvalue weighted by Gasteiger charge is -2.17. The second kappa shape index (κ2) is 7.20. The Morgan fingerprint density at radius 2 is 1.76 bits per heavy atom. The molecule has 4 nitrogen and oxygen atoms in total. The quantitative estimate of drug-likeness (QED) is 0.633. The van der Waals surface area contributed by atoms with Crippen LogP contribution >= 0.6 is 0 Å². The zero-order chi connectivity index (χ0) is 15.2. The maximum atomic E-state index is 5.72. The first-order chi connectivity index (χ1) is 10.1. The lowest BCUT2D eigenvalue weighted by molar-refractivity contribution is 0.414. The summed E-state index contributed by atoms with van der Waals surface area (Å²) < 4.78 is 5.17. The van der Waals surface area contributed by atoms with Gasteiger partial charge < -0.3 is 4.74 Å². The second-order valence-electron chi connectivity index (χ2n) is 5.29. The van der Waals surface area contributed by atoms with Crippen molar-refractivity contribution in [2.24, 2.45) is 5.84 Å². The number of pyridine rings is 1. The summed E-state index contributed by atoms with van der Waals surface area (Å²) in [4.78, 5) is 4.41. The van der Waals surface area contributed by atoms with E-state index in [4.69, 9.17) is 10.6 Å². The molecule has 2 rings (SSSR count). The minimum absolute atomic E-state index is 0.132. The molecule has 0 aliphatic rings. The molecule has 0 fully saturated rings. The second-order valence-corrected chi connectivity index (χ2v) is 5.29. The number of aryl methyl sites for hydroxylation is 3. The number of nitrogens with one attached hydrogen (secondary N) is 1. The predicted octanol–water partition coefficient (Wildman–Crippen LogP) is 2.84. The third-order valence-corrected chi connectivity index (χ3v) is 3.59. The number of aromatic nitrogens is 1. The number of nitrogens with zero attached hydrogens (tertiary/aromatic N) is 1. The van der Waals surface area contributed by atoms with Crippen LogP contribution in [0.15, 0.2) is 36.4 Å². The molecule has 1 atom stereocenters. The van der Waals surface area contributed by atoms with E-state index in [9.17, 15) is 0 Å². The van der Waals surface area contributed by atoms with Gasteiger partial charge in [-0.1, -0.05) is 12.1 Å². The third kappa shape index (κ3) is 4.28. The van der Waals surface area contributed by atoms with Gasteiger partial charge in [0, 0.05) is 17.4 Å². The van der Waals surface area contributed by atoms with Crippen LogP contribution in [0.1, 0.15) is 35.0 Å². The Bertz CT molecular complexity index is 561. The molecule has 112 valence electrons. The number of hydrazine groups is 1. The summed E-state index contributed by atoms with van der Waals surface area (Å²) in [7, 11) is 1.68. The molecule has 0 radical (unpaired) electrons. The van der Waals surface area contributed by atoms with Crippen molar-refractivity contribution >= 4 is 0 Å². The summed E-state index contributed by atoms with van der Waals surface area (Å²) in [5.41, 5.74) is 7.43. The highest BCUT2D eigenvalue weighted by Crippen LogP contribution is 2.21. The topological polar surface area (TPSA) is 60.2 Å². The monoisotopic (exact) mass is 285 g/mol. The van der Waals surface area contributed by atoms with Gasteiger partial charge in [-0.3, -0.25) is 16.3 Å². The van der Waals surface area contributed by atoms with Gasteiger partial charge >= 0.3 is 0 Å². The van der Waals surface area contributed by atoms with Crippen LogP contribution < -0.4 is 16.0 Å². The van der Waals surface area contributed by atoms with Gasteiger partial charge in [0.05, 0.1) is 7.11 Å². The zero-order valence-electron chi connectivity index (χ0n) is 12.9. The van der Waals surface area contributed by atoms with E-state index < -0.39 is 0 Å². The van der Waals surface area contributed by atoms with E-state index in [0.717, 1.165) is 30.0 Å². The summed E-state index contributed by atoms with van der Waals surface area (Å²) >= 11 is 0. The van der Waals surface area contributed by atoms with Gasteiger partial charge in [0.25, 0.3) is 0 Å². The number of methoxy groups -OCH3 is 1. The van der Waals surface area contributed by atoms with Crippen molar-refractivity contribution in [1.82, 2.24) is 10.4 Å². The Balaban J connectivity index is 2.04. The van der Waals surface area contributed by atoms with Gasteiger partial charge in [-0.25, -0.2) is 0 Å². The first kappa shape index (κ1) is 15.5. The highest BCUT2D eigenvalue weighted by atomic mass is 16.5. The number of rotatable bonds is 6. The first-order valence-corrected chi connectivity index (χ1v) is 7.16. The minimum Gasteiger partial charge on any atom is -0.497 e. The molecule has 1 unspecified atom stereocenters. The molecule has 1 aromatic heterocycles. The van der Waals surface area contributed by atoms with Crippen LogP contribution in [0.2, 0.25) is 0 Å². The maximum Gasteiger partial charge on any atom is 0.118 e. The van der Waals surface area contributed by atoms with Crippen LogP contribution in [0.25, 0.3) is 0 Å². The van der Waals surface area contributed by atoms with E-state index in [1.807, 2.05) is 26.0 Å². The highest BCUT2D eigenvalue weighted by molar-refractivity contribution is 5.28. The van der Waals surface area contributed by atoms with Gasteiger partial charge in [-0.15, -0.1) is 0 Å². The van der Waals surface area contributed by atoms with Crippen molar-refractivity contribution in [2.45, 2.75) is 32.7 Å². The lowest BCUT2D eigenvalue weighted by atomic mass is 9.99. The molecule has 0 amide bonds. The summed E-state index contributed by atoms with van der Waals surface area (Å²) in [6, 6.07) is 12.5. The van der Waals surface area contributed by atoms with Gasteiger partial charge in [-0.05, 0) is 62.1 Å². The van der Waals surface area contributed by atoms with Crippen LogP contribution in [-0.4, -0.2) is 12.1 Å². The van der Waals surface area contributed by atoms with Crippen molar-refractivity contribution < 1.29 is 4.74 Å². The summed E-state index contributed by atoms with van der Waals surface area (Å²) in [6.07, 6.45) is 1.89. The average molecular weight is 285 g/mol. The standard InChI is InChI=1S/C17H23N3O/c1-12-10-15(11-13(2)19-12)17(20-18)9-6-14-4-7-16(21-3)8-5-14/h4-5,7-8,10-11,17,20H,6,9,18H2,1-3H3. The smallest absolute Gasteiger partial charge is 0.118 e. The normalized spacial score (nSPS) is 12.2. The van der Waals surface area contributed by atoms with E-state index in [2.05, 4.69) is 34.7 Å². The first-order valence-electron chi connectivity index (χ1n) is 7.16. The molecular formula is C17H23N3O. The van der Waals surface area contributed by atoms with Crippen LogP contribution in [0.3, 0.4) is 0 Å². The molecule has 0 saturated heterocycles. The van der Waals surface area contributed by atoms with Crippen molar-refractivity contribution in [2.75, 3.05) is 7.11 Å². The fourth-order valence-electron chi connectivity index (χ4n) is 2.52. The minimum atomic E-state index is 0.132. The molecule has 21 heavy (non-hydrogen) atoms. The van der Waals surface area contributed by atoms with E-state index in [1.54, 1.807) is 7.11 Å². The lowest BCUT2D eigenvalue weighted by Crippen LogP contribution is -2.28. The van der Waals surface area contributed by atoms with E-state index in [-0.39, 0.29) is 6.04 Å². The summed E-state index contributed by atoms with van der Waals surface area (Å²) in [6.45, 7) is 4.01. The summed E-state index contributed by atoms with van der Waals surface area (Å²) in [5.74, 6) is 6.61. The zero-order valence-corrected chi connectivity index (χ0v) is 12.9. The molecule has 2 aromatic rings. The fourth-order valence-corrected chi connectivity index (χ4v) is 2.52. The number of nitrogens with two attached hydrogens (primary N) is 1. The molecule has 3 N–H and O–H groups in total. The summed E-state index contributed by atoms with van der Waals surface area (Å²) in [5, 5.41) is 0. The Hall–Kier alpha value is -1.91. The third-order valence-electron chi connectivity index (χ3n) is 3.59. The van der Waals surface area contributed by atoms with E-state index >= 15 is 0 Å². The molecule has 0 aliphatic heterocycles. The Labute approximate surface area is 126 Å². The van der Waals surface area contributed by atoms with Crippen LogP contribution in [0, 0.1) is 13.8 Å². The fraction of sp³-hybridized carbons (Fsp3) is 0.353. The largest absolute Gasteiger partial charge is 0.497 e. The van der Waals surface area contributed by atoms with E-state index in [0.29, 0.717) is 0 Å². The number of benzene rings is 1. The SMILES string of the molecule is COc1ccc(CCC(NN)c2cc(C)nc(C)c2)cc1. The highest BCUT2D eigenvalue weighted by Gasteiger charge is 2.11. The Morgan fingerprint density at radius 1 is 1.14 bits per heavy atom. The van der Waals surface area contributed by atoms with Crippen molar-refractivity contribution in [3.63, 3.8) is 0 Å². The van der Waals surface area contributed by atoms with Crippen molar-refractivity contribution in [3.8, 4) is 5.75 Å². The molecular weight excluding hydrogens is 262 g/mol. The van der Waals surface area contributed by atoms with Crippen molar-refractivity contribution in [1.29, 1.82) is 0 Å². The molecule has 1 aromatic carbocycles. The molecule has 4 heteroatoms.